The lowest BCUT2D eigenvalue weighted by molar-refractivity contribution is 0.512. The van der Waals surface area contributed by atoms with Gasteiger partial charge in [0.1, 0.15) is 11.3 Å². The molecule has 1 aliphatic carbocycles. The van der Waals surface area contributed by atoms with Gasteiger partial charge < -0.3 is 15.5 Å². The quantitative estimate of drug-likeness (QED) is 0.823. The maximum absolute atomic E-state index is 5.77. The highest BCUT2D eigenvalue weighted by atomic mass is 16.3. The van der Waals surface area contributed by atoms with Crippen LogP contribution in [0.1, 0.15) is 24.2 Å². The van der Waals surface area contributed by atoms with E-state index in [1.165, 1.54) is 12.8 Å². The van der Waals surface area contributed by atoms with Crippen LogP contribution < -0.4 is 11.1 Å². The predicted molar refractivity (Wildman–Crippen MR) is 64.0 cm³/mol. The number of nitrogens with one attached hydrogen (secondary N) is 1. The molecule has 0 amide bonds. The molecule has 1 heterocycles. The molecule has 1 aliphatic rings. The van der Waals surface area contributed by atoms with Crippen molar-refractivity contribution in [1.82, 2.24) is 5.32 Å². The molecule has 16 heavy (non-hydrogen) atoms. The largest absolute Gasteiger partial charge is 0.460 e. The van der Waals surface area contributed by atoms with Crippen LogP contribution in [0.3, 0.4) is 0 Å². The van der Waals surface area contributed by atoms with Crippen molar-refractivity contribution < 1.29 is 4.42 Å². The van der Waals surface area contributed by atoms with E-state index in [0.717, 1.165) is 28.8 Å². The fraction of sp³-hybridized carbons (Fsp3) is 0.385. The standard InChI is InChI=1S/C13H16N2O/c14-7-9-2-1-3-13-12(9)6-11(16-13)8-15-10-4-5-10/h1-3,6,10,15H,4-5,7-8,14H2. The summed E-state index contributed by atoms with van der Waals surface area (Å²) in [6.45, 7) is 1.38. The summed E-state index contributed by atoms with van der Waals surface area (Å²) in [5.74, 6) is 1.00. The number of fused-ring (bicyclic) bond motifs is 1. The summed E-state index contributed by atoms with van der Waals surface area (Å²) in [6.07, 6.45) is 2.60. The van der Waals surface area contributed by atoms with Crippen molar-refractivity contribution in [3.05, 3.63) is 35.6 Å². The molecule has 2 aromatic rings. The van der Waals surface area contributed by atoms with Gasteiger partial charge in [-0.1, -0.05) is 12.1 Å². The van der Waals surface area contributed by atoms with Gasteiger partial charge in [0.15, 0.2) is 0 Å². The molecule has 84 valence electrons. The summed E-state index contributed by atoms with van der Waals surface area (Å²) in [5, 5.41) is 4.60. The first-order valence-corrected chi connectivity index (χ1v) is 5.80. The average Bonchev–Trinajstić information content (AvgIpc) is 3.04. The zero-order valence-corrected chi connectivity index (χ0v) is 9.20. The molecule has 1 saturated carbocycles. The molecule has 1 aromatic heterocycles. The van der Waals surface area contributed by atoms with Crippen molar-refractivity contribution in [3.8, 4) is 0 Å². The third-order valence-corrected chi connectivity index (χ3v) is 3.07. The lowest BCUT2D eigenvalue weighted by Crippen LogP contribution is -2.14. The molecule has 0 saturated heterocycles. The van der Waals surface area contributed by atoms with Crippen LogP contribution in [0.5, 0.6) is 0 Å². The van der Waals surface area contributed by atoms with E-state index in [1.807, 2.05) is 12.1 Å². The average molecular weight is 216 g/mol. The Labute approximate surface area is 94.6 Å². The molecule has 3 N–H and O–H groups in total. The fourth-order valence-electron chi connectivity index (χ4n) is 1.97. The first kappa shape index (κ1) is 9.87. The van der Waals surface area contributed by atoms with Crippen LogP contribution in [0.15, 0.2) is 28.7 Å². The Hall–Kier alpha value is -1.32. The van der Waals surface area contributed by atoms with E-state index in [2.05, 4.69) is 17.4 Å². The number of benzene rings is 1. The highest BCUT2D eigenvalue weighted by Gasteiger charge is 2.20. The van der Waals surface area contributed by atoms with E-state index in [1.54, 1.807) is 0 Å². The molecule has 0 radical (unpaired) electrons. The first-order chi connectivity index (χ1) is 7.86. The summed E-state index contributed by atoms with van der Waals surface area (Å²) < 4.78 is 5.77. The minimum Gasteiger partial charge on any atom is -0.460 e. The van der Waals surface area contributed by atoms with Crippen molar-refractivity contribution in [3.63, 3.8) is 0 Å². The van der Waals surface area contributed by atoms with Crippen molar-refractivity contribution in [2.45, 2.75) is 32.0 Å². The van der Waals surface area contributed by atoms with E-state index in [0.29, 0.717) is 12.6 Å². The predicted octanol–water partition coefficient (Wildman–Crippen LogP) is 2.14. The number of hydrogen-bond donors (Lipinski definition) is 2. The molecule has 0 aliphatic heterocycles. The van der Waals surface area contributed by atoms with Gasteiger partial charge in [-0.3, -0.25) is 0 Å². The van der Waals surface area contributed by atoms with E-state index in [9.17, 15) is 0 Å². The van der Waals surface area contributed by atoms with Crippen LogP contribution in [-0.2, 0) is 13.1 Å². The smallest absolute Gasteiger partial charge is 0.134 e. The zero-order valence-electron chi connectivity index (χ0n) is 9.20. The molecule has 0 unspecified atom stereocenters. The van der Waals surface area contributed by atoms with E-state index >= 15 is 0 Å². The van der Waals surface area contributed by atoms with Crippen molar-refractivity contribution in [1.29, 1.82) is 0 Å². The summed E-state index contributed by atoms with van der Waals surface area (Å²) in [7, 11) is 0. The normalized spacial score (nSPS) is 15.8. The molecular weight excluding hydrogens is 200 g/mol. The minimum atomic E-state index is 0.562. The van der Waals surface area contributed by atoms with E-state index in [4.69, 9.17) is 10.2 Å². The fourth-order valence-corrected chi connectivity index (χ4v) is 1.97. The Morgan fingerprint density at radius 3 is 3.00 bits per heavy atom. The Kier molecular flexibility index (Phi) is 2.42. The topological polar surface area (TPSA) is 51.2 Å². The van der Waals surface area contributed by atoms with Crippen molar-refractivity contribution >= 4 is 11.0 Å². The monoisotopic (exact) mass is 216 g/mol. The highest BCUT2D eigenvalue weighted by molar-refractivity contribution is 5.81. The van der Waals surface area contributed by atoms with Gasteiger partial charge in [-0.15, -0.1) is 0 Å². The van der Waals surface area contributed by atoms with Crippen molar-refractivity contribution in [2.24, 2.45) is 5.73 Å². The van der Waals surface area contributed by atoms with Crippen LogP contribution in [0.4, 0.5) is 0 Å². The Balaban J connectivity index is 1.88. The van der Waals surface area contributed by atoms with Gasteiger partial charge >= 0.3 is 0 Å². The summed E-state index contributed by atoms with van der Waals surface area (Å²) in [4.78, 5) is 0. The van der Waals surface area contributed by atoms with Gasteiger partial charge in [-0.25, -0.2) is 0 Å². The maximum Gasteiger partial charge on any atom is 0.134 e. The Morgan fingerprint density at radius 1 is 1.38 bits per heavy atom. The molecule has 1 fully saturated rings. The SMILES string of the molecule is NCc1cccc2oc(CNC3CC3)cc12. The van der Waals surface area contributed by atoms with Crippen LogP contribution in [0.25, 0.3) is 11.0 Å². The number of furan rings is 1. The number of rotatable bonds is 4. The summed E-state index contributed by atoms with van der Waals surface area (Å²) in [6, 6.07) is 8.85. The molecule has 1 aromatic carbocycles. The van der Waals surface area contributed by atoms with Gasteiger partial charge in [-0.05, 0) is 30.5 Å². The molecule has 0 spiro atoms. The van der Waals surface area contributed by atoms with Gasteiger partial charge in [0, 0.05) is 18.0 Å². The van der Waals surface area contributed by atoms with Gasteiger partial charge in [0.05, 0.1) is 6.54 Å². The maximum atomic E-state index is 5.77. The van der Waals surface area contributed by atoms with Crippen LogP contribution in [-0.4, -0.2) is 6.04 Å². The molecule has 3 heteroatoms. The Morgan fingerprint density at radius 2 is 2.25 bits per heavy atom. The van der Waals surface area contributed by atoms with Crippen molar-refractivity contribution in [2.75, 3.05) is 0 Å². The molecule has 0 bridgehead atoms. The van der Waals surface area contributed by atoms with Gasteiger partial charge in [0.2, 0.25) is 0 Å². The number of nitrogens with two attached hydrogens (primary N) is 1. The van der Waals surface area contributed by atoms with Crippen LogP contribution >= 0.6 is 0 Å². The number of hydrogen-bond acceptors (Lipinski definition) is 3. The van der Waals surface area contributed by atoms with Crippen LogP contribution in [0, 0.1) is 0 Å². The van der Waals surface area contributed by atoms with Crippen LogP contribution in [0.2, 0.25) is 0 Å². The first-order valence-electron chi connectivity index (χ1n) is 5.80. The van der Waals surface area contributed by atoms with E-state index < -0.39 is 0 Å². The van der Waals surface area contributed by atoms with Gasteiger partial charge in [0.25, 0.3) is 0 Å². The molecule has 0 atom stereocenters. The second-order valence-electron chi connectivity index (χ2n) is 4.40. The zero-order chi connectivity index (χ0) is 11.0. The second kappa shape index (κ2) is 3.92. The Bertz CT molecular complexity index is 500. The molecule has 3 nitrogen and oxygen atoms in total. The summed E-state index contributed by atoms with van der Waals surface area (Å²) in [5.41, 5.74) is 7.79. The third kappa shape index (κ3) is 1.84. The lowest BCUT2D eigenvalue weighted by Gasteiger charge is -1.96. The van der Waals surface area contributed by atoms with Gasteiger partial charge in [-0.2, -0.15) is 0 Å². The molecular formula is C13H16N2O. The molecule has 3 rings (SSSR count). The summed E-state index contributed by atoms with van der Waals surface area (Å²) >= 11 is 0. The second-order valence-corrected chi connectivity index (χ2v) is 4.40. The van der Waals surface area contributed by atoms with E-state index in [-0.39, 0.29) is 0 Å². The highest BCUT2D eigenvalue weighted by Crippen LogP contribution is 2.24. The lowest BCUT2D eigenvalue weighted by atomic mass is 10.1. The minimum absolute atomic E-state index is 0.562. The third-order valence-electron chi connectivity index (χ3n) is 3.07.